The van der Waals surface area contributed by atoms with Gasteiger partial charge in [-0.05, 0) is 36.2 Å². The van der Waals surface area contributed by atoms with Crippen LogP contribution in [0, 0.1) is 0 Å². The molecule has 2 aromatic rings. The third kappa shape index (κ3) is 5.21. The molecule has 0 aliphatic heterocycles. The topological polar surface area (TPSA) is 61.4 Å². The van der Waals surface area contributed by atoms with Crippen molar-refractivity contribution in [2.45, 2.75) is 12.5 Å². The number of amides is 2. The molecule has 21 heavy (non-hydrogen) atoms. The van der Waals surface area contributed by atoms with Crippen LogP contribution in [0.1, 0.15) is 5.56 Å². The summed E-state index contributed by atoms with van der Waals surface area (Å²) in [6, 6.07) is 16.4. The van der Waals surface area contributed by atoms with Crippen LogP contribution in [0.3, 0.4) is 0 Å². The van der Waals surface area contributed by atoms with Gasteiger partial charge in [-0.2, -0.15) is 0 Å². The predicted molar refractivity (Wildman–Crippen MR) is 87.3 cm³/mol. The van der Waals surface area contributed by atoms with Gasteiger partial charge >= 0.3 is 6.03 Å². The third-order valence-electron chi connectivity index (χ3n) is 2.98. The van der Waals surface area contributed by atoms with Gasteiger partial charge in [0.15, 0.2) is 0 Å². The Kier molecular flexibility index (Phi) is 5.78. The van der Waals surface area contributed by atoms with Crippen molar-refractivity contribution in [3.63, 3.8) is 0 Å². The van der Waals surface area contributed by atoms with Gasteiger partial charge < -0.3 is 15.7 Å². The van der Waals surface area contributed by atoms with E-state index in [1.807, 2.05) is 42.5 Å². The maximum absolute atomic E-state index is 11.9. The average molecular weight is 349 g/mol. The highest BCUT2D eigenvalue weighted by Crippen LogP contribution is 2.14. The van der Waals surface area contributed by atoms with Crippen LogP contribution in [0.2, 0.25) is 0 Å². The van der Waals surface area contributed by atoms with Crippen molar-refractivity contribution >= 4 is 27.6 Å². The summed E-state index contributed by atoms with van der Waals surface area (Å²) >= 11 is 3.34. The molecule has 1 atom stereocenters. The van der Waals surface area contributed by atoms with Gasteiger partial charge in [0.05, 0.1) is 12.6 Å². The summed E-state index contributed by atoms with van der Waals surface area (Å²) in [5.74, 6) is 0. The molecule has 0 aliphatic carbocycles. The standard InChI is InChI=1S/C16H17BrN2O2/c17-13-6-8-14(9-7-13)18-16(21)19-15(11-20)10-12-4-2-1-3-5-12/h1-9,15,20H,10-11H2,(H2,18,19,21). The van der Waals surface area contributed by atoms with Crippen LogP contribution >= 0.6 is 15.9 Å². The van der Waals surface area contributed by atoms with Gasteiger partial charge in [-0.25, -0.2) is 4.79 Å². The molecule has 3 N–H and O–H groups in total. The molecule has 5 heteroatoms. The van der Waals surface area contributed by atoms with Crippen molar-refractivity contribution in [3.05, 3.63) is 64.6 Å². The first-order chi connectivity index (χ1) is 10.2. The quantitative estimate of drug-likeness (QED) is 0.777. The second-order valence-corrected chi connectivity index (χ2v) is 5.59. The molecule has 2 aromatic carbocycles. The normalized spacial score (nSPS) is 11.7. The molecule has 0 saturated carbocycles. The molecular formula is C16H17BrN2O2. The number of hydrogen-bond donors (Lipinski definition) is 3. The first-order valence-electron chi connectivity index (χ1n) is 6.65. The number of carbonyl (C=O) groups is 1. The molecule has 0 spiro atoms. The summed E-state index contributed by atoms with van der Waals surface area (Å²) in [6.07, 6.45) is 0.588. The molecule has 0 saturated heterocycles. The zero-order valence-corrected chi connectivity index (χ0v) is 13.0. The fourth-order valence-corrected chi connectivity index (χ4v) is 2.21. The van der Waals surface area contributed by atoms with Crippen LogP contribution in [-0.2, 0) is 6.42 Å². The van der Waals surface area contributed by atoms with Crippen molar-refractivity contribution in [3.8, 4) is 0 Å². The number of aliphatic hydroxyl groups is 1. The van der Waals surface area contributed by atoms with E-state index in [-0.39, 0.29) is 18.7 Å². The Hall–Kier alpha value is -1.85. The summed E-state index contributed by atoms with van der Waals surface area (Å²) in [5.41, 5.74) is 1.77. The molecule has 2 rings (SSSR count). The molecule has 110 valence electrons. The van der Waals surface area contributed by atoms with E-state index in [2.05, 4.69) is 26.6 Å². The van der Waals surface area contributed by atoms with Crippen molar-refractivity contribution in [1.82, 2.24) is 5.32 Å². The Morgan fingerprint density at radius 2 is 1.76 bits per heavy atom. The van der Waals surface area contributed by atoms with E-state index in [4.69, 9.17) is 0 Å². The highest BCUT2D eigenvalue weighted by atomic mass is 79.9. The largest absolute Gasteiger partial charge is 0.394 e. The van der Waals surface area contributed by atoms with Gasteiger partial charge in [0.1, 0.15) is 0 Å². The Morgan fingerprint density at radius 1 is 1.10 bits per heavy atom. The maximum atomic E-state index is 11.9. The van der Waals surface area contributed by atoms with Crippen LogP contribution in [0.5, 0.6) is 0 Å². The van der Waals surface area contributed by atoms with E-state index in [0.717, 1.165) is 10.0 Å². The van der Waals surface area contributed by atoms with Crippen LogP contribution < -0.4 is 10.6 Å². The molecule has 0 bridgehead atoms. The summed E-state index contributed by atoms with van der Waals surface area (Å²) in [4.78, 5) is 11.9. The van der Waals surface area contributed by atoms with Crippen molar-refractivity contribution in [2.75, 3.05) is 11.9 Å². The minimum atomic E-state index is -0.327. The average Bonchev–Trinajstić information content (AvgIpc) is 2.50. The zero-order chi connectivity index (χ0) is 15.1. The smallest absolute Gasteiger partial charge is 0.319 e. The fourth-order valence-electron chi connectivity index (χ4n) is 1.95. The highest BCUT2D eigenvalue weighted by molar-refractivity contribution is 9.10. The molecule has 0 radical (unpaired) electrons. The molecule has 0 heterocycles. The Balaban J connectivity index is 1.89. The van der Waals surface area contributed by atoms with E-state index in [1.54, 1.807) is 12.1 Å². The van der Waals surface area contributed by atoms with Crippen LogP contribution in [0.25, 0.3) is 0 Å². The molecule has 1 unspecified atom stereocenters. The van der Waals surface area contributed by atoms with E-state index in [9.17, 15) is 9.90 Å². The van der Waals surface area contributed by atoms with Gasteiger partial charge in [-0.15, -0.1) is 0 Å². The van der Waals surface area contributed by atoms with Crippen LogP contribution in [0.15, 0.2) is 59.1 Å². The zero-order valence-electron chi connectivity index (χ0n) is 11.4. The second kappa shape index (κ2) is 7.81. The number of rotatable bonds is 5. The van der Waals surface area contributed by atoms with E-state index < -0.39 is 0 Å². The van der Waals surface area contributed by atoms with Gasteiger partial charge in [0, 0.05) is 10.2 Å². The lowest BCUT2D eigenvalue weighted by atomic mass is 10.1. The van der Waals surface area contributed by atoms with Gasteiger partial charge in [0.25, 0.3) is 0 Å². The van der Waals surface area contributed by atoms with Crippen molar-refractivity contribution < 1.29 is 9.90 Å². The Labute approximate surface area is 132 Å². The van der Waals surface area contributed by atoms with Crippen molar-refractivity contribution in [2.24, 2.45) is 0 Å². The van der Waals surface area contributed by atoms with E-state index >= 15 is 0 Å². The number of anilines is 1. The number of urea groups is 1. The van der Waals surface area contributed by atoms with Gasteiger partial charge in [0.2, 0.25) is 0 Å². The number of hydrogen-bond acceptors (Lipinski definition) is 2. The summed E-state index contributed by atoms with van der Waals surface area (Å²) in [6.45, 7) is -0.108. The highest BCUT2D eigenvalue weighted by Gasteiger charge is 2.12. The second-order valence-electron chi connectivity index (χ2n) is 4.67. The Bertz CT molecular complexity index is 573. The van der Waals surface area contributed by atoms with E-state index in [1.165, 1.54) is 0 Å². The maximum Gasteiger partial charge on any atom is 0.319 e. The van der Waals surface area contributed by atoms with E-state index in [0.29, 0.717) is 12.1 Å². The Morgan fingerprint density at radius 3 is 2.38 bits per heavy atom. The fraction of sp³-hybridized carbons (Fsp3) is 0.188. The SMILES string of the molecule is O=C(Nc1ccc(Br)cc1)NC(CO)Cc1ccccc1. The van der Waals surface area contributed by atoms with Crippen LogP contribution in [0.4, 0.5) is 10.5 Å². The predicted octanol–water partition coefficient (Wildman–Crippen LogP) is 3.17. The molecular weight excluding hydrogens is 332 g/mol. The first-order valence-corrected chi connectivity index (χ1v) is 7.44. The number of carbonyl (C=O) groups excluding carboxylic acids is 1. The molecule has 4 nitrogen and oxygen atoms in total. The lowest BCUT2D eigenvalue weighted by molar-refractivity contribution is 0.224. The first kappa shape index (κ1) is 15.5. The summed E-state index contributed by atoms with van der Waals surface area (Å²) < 4.78 is 0.950. The minimum absolute atomic E-state index is 0.108. The van der Waals surface area contributed by atoms with Gasteiger partial charge in [-0.3, -0.25) is 0 Å². The molecule has 0 fully saturated rings. The monoisotopic (exact) mass is 348 g/mol. The molecule has 0 aromatic heterocycles. The molecule has 2 amide bonds. The third-order valence-corrected chi connectivity index (χ3v) is 3.51. The summed E-state index contributed by atoms with van der Waals surface area (Å²) in [7, 11) is 0. The lowest BCUT2D eigenvalue weighted by Gasteiger charge is -2.17. The lowest BCUT2D eigenvalue weighted by Crippen LogP contribution is -2.41. The van der Waals surface area contributed by atoms with Crippen molar-refractivity contribution in [1.29, 1.82) is 0 Å². The number of halogens is 1. The number of benzene rings is 2. The van der Waals surface area contributed by atoms with Crippen LogP contribution in [-0.4, -0.2) is 23.8 Å². The summed E-state index contributed by atoms with van der Waals surface area (Å²) in [5, 5.41) is 14.9. The minimum Gasteiger partial charge on any atom is -0.394 e. The van der Waals surface area contributed by atoms with Gasteiger partial charge in [-0.1, -0.05) is 46.3 Å². The molecule has 0 aliphatic rings. The number of nitrogens with one attached hydrogen (secondary N) is 2. The number of aliphatic hydroxyl groups excluding tert-OH is 1.